The van der Waals surface area contributed by atoms with Crippen LogP contribution in [0.4, 0.5) is 0 Å². The molecule has 1 aliphatic rings. The van der Waals surface area contributed by atoms with E-state index in [0.717, 1.165) is 16.0 Å². The molecule has 9 nitrogen and oxygen atoms in total. The topological polar surface area (TPSA) is 97.5 Å². The van der Waals surface area contributed by atoms with Crippen molar-refractivity contribution in [1.29, 1.82) is 0 Å². The highest BCUT2D eigenvalue weighted by atomic mass is 32.1. The maximum atomic E-state index is 12.9. The summed E-state index contributed by atoms with van der Waals surface area (Å²) < 4.78 is 3.79. The second-order valence-corrected chi connectivity index (χ2v) is 10.5. The van der Waals surface area contributed by atoms with Crippen molar-refractivity contribution in [3.05, 3.63) is 62.3 Å². The van der Waals surface area contributed by atoms with Crippen LogP contribution in [0.3, 0.4) is 0 Å². The summed E-state index contributed by atoms with van der Waals surface area (Å²) in [7, 11) is 0. The largest absolute Gasteiger partial charge is 0.338 e. The molecule has 0 unspecified atom stereocenters. The van der Waals surface area contributed by atoms with Gasteiger partial charge < -0.3 is 9.80 Å². The summed E-state index contributed by atoms with van der Waals surface area (Å²) in [5, 5.41) is 1.18. The molecule has 0 radical (unpaired) electrons. The van der Waals surface area contributed by atoms with Crippen molar-refractivity contribution in [2.45, 2.75) is 26.9 Å². The zero-order valence-corrected chi connectivity index (χ0v) is 20.4. The van der Waals surface area contributed by atoms with Crippen molar-refractivity contribution in [1.82, 2.24) is 22.7 Å². The van der Waals surface area contributed by atoms with Crippen LogP contribution >= 0.6 is 23.1 Å². The molecule has 1 aliphatic heterocycles. The highest BCUT2D eigenvalue weighted by molar-refractivity contribution is 7.14. The molecular formula is C23H23N5O4S2. The number of piperazine rings is 1. The quantitative estimate of drug-likeness (QED) is 0.429. The van der Waals surface area contributed by atoms with Crippen LogP contribution in [0.25, 0.3) is 20.3 Å². The lowest BCUT2D eigenvalue weighted by atomic mass is 10.2. The van der Waals surface area contributed by atoms with Crippen LogP contribution in [-0.4, -0.2) is 60.7 Å². The SMILES string of the molecule is Cc1cc(C)c2c(=O)n(CC(=O)N3CCN(C(=O)Cn4sc5ccccc5c4=O)CC3)sc2n1. The number of benzene rings is 1. The molecule has 4 heterocycles. The summed E-state index contributed by atoms with van der Waals surface area (Å²) in [6.07, 6.45) is 0. The third-order valence-corrected chi connectivity index (χ3v) is 8.10. The molecule has 0 aliphatic carbocycles. The Hall–Kier alpha value is -3.31. The summed E-state index contributed by atoms with van der Waals surface area (Å²) in [4.78, 5) is 59.4. The number of carbonyl (C=O) groups excluding carboxylic acids is 2. The smallest absolute Gasteiger partial charge is 0.270 e. The van der Waals surface area contributed by atoms with E-state index in [1.54, 1.807) is 15.9 Å². The fourth-order valence-corrected chi connectivity index (χ4v) is 6.34. The summed E-state index contributed by atoms with van der Waals surface area (Å²) in [6.45, 7) is 5.28. The highest BCUT2D eigenvalue weighted by Gasteiger charge is 2.26. The lowest BCUT2D eigenvalue weighted by Crippen LogP contribution is -2.52. The fourth-order valence-electron chi connectivity index (χ4n) is 4.28. The molecule has 0 atom stereocenters. The molecule has 1 aromatic carbocycles. The maximum Gasteiger partial charge on any atom is 0.270 e. The molecule has 0 saturated carbocycles. The Morgan fingerprint density at radius 1 is 0.882 bits per heavy atom. The Morgan fingerprint density at radius 2 is 1.47 bits per heavy atom. The Kier molecular flexibility index (Phi) is 5.82. The second kappa shape index (κ2) is 8.80. The van der Waals surface area contributed by atoms with Gasteiger partial charge in [0.2, 0.25) is 11.8 Å². The van der Waals surface area contributed by atoms with Gasteiger partial charge in [0.05, 0.1) is 15.5 Å². The second-order valence-electron chi connectivity index (χ2n) is 8.38. The molecule has 11 heteroatoms. The van der Waals surface area contributed by atoms with E-state index in [1.807, 2.05) is 38.1 Å². The third-order valence-electron chi connectivity index (χ3n) is 6.04. The molecule has 34 heavy (non-hydrogen) atoms. The molecule has 0 spiro atoms. The predicted octanol–water partition coefficient (Wildman–Crippen LogP) is 1.82. The van der Waals surface area contributed by atoms with Crippen LogP contribution in [0, 0.1) is 13.8 Å². The van der Waals surface area contributed by atoms with Gasteiger partial charge in [-0.15, -0.1) is 0 Å². The number of aromatic nitrogens is 3. The van der Waals surface area contributed by atoms with E-state index in [4.69, 9.17) is 0 Å². The number of rotatable bonds is 4. The first-order chi connectivity index (χ1) is 16.3. The lowest BCUT2D eigenvalue weighted by Gasteiger charge is -2.34. The van der Waals surface area contributed by atoms with Crippen molar-refractivity contribution >= 4 is 55.2 Å². The third kappa shape index (κ3) is 4.05. The standard InChI is InChI=1S/C23H23N5O4S2/c1-14-11-15(2)24-21-20(14)23(32)28(34-21)13-19(30)26-9-7-25(8-10-26)18(29)12-27-22(31)16-5-3-4-6-17(16)33-27/h3-6,11H,7-10,12-13H2,1-2H3. The van der Waals surface area contributed by atoms with Crippen LogP contribution < -0.4 is 11.1 Å². The van der Waals surface area contributed by atoms with Crippen molar-refractivity contribution in [2.75, 3.05) is 26.2 Å². The molecule has 2 amide bonds. The number of amides is 2. The van der Waals surface area contributed by atoms with Crippen LogP contribution in [0.15, 0.2) is 39.9 Å². The first kappa shape index (κ1) is 22.5. The van der Waals surface area contributed by atoms with Gasteiger partial charge >= 0.3 is 0 Å². The van der Waals surface area contributed by atoms with E-state index in [2.05, 4.69) is 4.98 Å². The van der Waals surface area contributed by atoms with Gasteiger partial charge in [0.25, 0.3) is 11.1 Å². The van der Waals surface area contributed by atoms with E-state index in [-0.39, 0.29) is 36.0 Å². The maximum absolute atomic E-state index is 12.9. The Labute approximate surface area is 202 Å². The fraction of sp³-hybridized carbons (Fsp3) is 0.348. The van der Waals surface area contributed by atoms with Crippen molar-refractivity contribution in [3.8, 4) is 0 Å². The van der Waals surface area contributed by atoms with Gasteiger partial charge in [-0.05, 0) is 49.1 Å². The van der Waals surface area contributed by atoms with Gasteiger partial charge in [-0.25, -0.2) is 4.98 Å². The first-order valence-corrected chi connectivity index (χ1v) is 12.5. The van der Waals surface area contributed by atoms with Gasteiger partial charge in [0, 0.05) is 31.9 Å². The van der Waals surface area contributed by atoms with E-state index < -0.39 is 0 Å². The van der Waals surface area contributed by atoms with Crippen molar-refractivity contribution in [3.63, 3.8) is 0 Å². The van der Waals surface area contributed by atoms with Crippen molar-refractivity contribution in [2.24, 2.45) is 0 Å². The van der Waals surface area contributed by atoms with Crippen LogP contribution in [0.5, 0.6) is 0 Å². The minimum atomic E-state index is -0.194. The van der Waals surface area contributed by atoms with Crippen LogP contribution in [0.1, 0.15) is 11.3 Å². The van der Waals surface area contributed by atoms with E-state index in [0.29, 0.717) is 41.8 Å². The number of hydrogen-bond donors (Lipinski definition) is 0. The normalized spacial score (nSPS) is 14.3. The average molecular weight is 498 g/mol. The van der Waals surface area contributed by atoms with Crippen molar-refractivity contribution < 1.29 is 9.59 Å². The van der Waals surface area contributed by atoms with E-state index in [1.165, 1.54) is 31.0 Å². The number of nitrogens with zero attached hydrogens (tertiary/aromatic N) is 5. The predicted molar refractivity (Wildman–Crippen MR) is 133 cm³/mol. The molecule has 5 rings (SSSR count). The average Bonchev–Trinajstić information content (AvgIpc) is 3.30. The summed E-state index contributed by atoms with van der Waals surface area (Å²) in [6, 6.07) is 9.18. The zero-order valence-electron chi connectivity index (χ0n) is 18.8. The van der Waals surface area contributed by atoms with Gasteiger partial charge in [-0.1, -0.05) is 23.7 Å². The molecule has 1 fully saturated rings. The summed E-state index contributed by atoms with van der Waals surface area (Å²) in [5.41, 5.74) is 1.35. The number of fused-ring (bicyclic) bond motifs is 2. The minimum absolute atomic E-state index is 0.00489. The number of carbonyl (C=O) groups is 2. The van der Waals surface area contributed by atoms with Gasteiger partial charge in [-0.2, -0.15) is 0 Å². The Morgan fingerprint density at radius 3 is 2.09 bits per heavy atom. The van der Waals surface area contributed by atoms with Crippen LogP contribution in [-0.2, 0) is 22.7 Å². The minimum Gasteiger partial charge on any atom is -0.338 e. The van der Waals surface area contributed by atoms with Gasteiger partial charge in [0.1, 0.15) is 17.9 Å². The summed E-state index contributed by atoms with van der Waals surface area (Å²) >= 11 is 2.49. The molecule has 3 aromatic heterocycles. The zero-order chi connectivity index (χ0) is 24.0. The monoisotopic (exact) mass is 497 g/mol. The summed E-state index contributed by atoms with van der Waals surface area (Å²) in [5.74, 6) is -0.297. The number of pyridine rings is 1. The lowest BCUT2D eigenvalue weighted by molar-refractivity contribution is -0.140. The highest BCUT2D eigenvalue weighted by Crippen LogP contribution is 2.19. The molecule has 176 valence electrons. The molecule has 1 saturated heterocycles. The van der Waals surface area contributed by atoms with Gasteiger partial charge in [0.15, 0.2) is 0 Å². The Balaban J connectivity index is 1.22. The van der Waals surface area contributed by atoms with E-state index >= 15 is 0 Å². The Bertz CT molecular complexity index is 1540. The van der Waals surface area contributed by atoms with E-state index in [9.17, 15) is 19.2 Å². The first-order valence-electron chi connectivity index (χ1n) is 10.9. The number of aryl methyl sites for hydroxylation is 2. The van der Waals surface area contributed by atoms with Gasteiger partial charge in [-0.3, -0.25) is 27.1 Å². The molecular weight excluding hydrogens is 474 g/mol. The molecule has 0 bridgehead atoms. The molecule has 4 aromatic rings. The number of hydrogen-bond acceptors (Lipinski definition) is 7. The van der Waals surface area contributed by atoms with Crippen LogP contribution in [0.2, 0.25) is 0 Å². The molecule has 0 N–H and O–H groups in total.